The summed E-state index contributed by atoms with van der Waals surface area (Å²) in [7, 11) is 0. The maximum absolute atomic E-state index is 11.3. The van der Waals surface area contributed by atoms with Gasteiger partial charge in [-0.3, -0.25) is 4.79 Å². The van der Waals surface area contributed by atoms with Crippen molar-refractivity contribution in [2.45, 2.75) is 46.1 Å². The highest BCUT2D eigenvalue weighted by Gasteiger charge is 2.31. The van der Waals surface area contributed by atoms with Crippen LogP contribution in [0.15, 0.2) is 0 Å². The molecule has 3 atom stereocenters. The average molecular weight is 232 g/mol. The van der Waals surface area contributed by atoms with Crippen molar-refractivity contribution in [3.63, 3.8) is 0 Å². The lowest BCUT2D eigenvalue weighted by Crippen LogP contribution is -2.46. The van der Waals surface area contributed by atoms with Gasteiger partial charge < -0.3 is 5.32 Å². The molecule has 0 unspecified atom stereocenters. The second-order valence-corrected chi connectivity index (χ2v) is 5.40. The first-order valence-electron chi connectivity index (χ1n) is 5.90. The molecule has 1 fully saturated rings. The van der Waals surface area contributed by atoms with Gasteiger partial charge in [0.25, 0.3) is 0 Å². The van der Waals surface area contributed by atoms with Crippen LogP contribution < -0.4 is 5.32 Å². The molecule has 0 radical (unpaired) electrons. The first kappa shape index (κ1) is 12.8. The molecule has 15 heavy (non-hydrogen) atoms. The zero-order valence-corrected chi connectivity index (χ0v) is 10.7. The summed E-state index contributed by atoms with van der Waals surface area (Å²) in [6, 6.07) is 0.333. The lowest BCUT2D eigenvalue weighted by atomic mass is 9.74. The van der Waals surface area contributed by atoms with Gasteiger partial charge in [-0.05, 0) is 30.6 Å². The van der Waals surface area contributed by atoms with Gasteiger partial charge in [-0.2, -0.15) is 0 Å². The molecule has 0 saturated heterocycles. The highest BCUT2D eigenvalue weighted by Crippen LogP contribution is 2.33. The van der Waals surface area contributed by atoms with Crippen molar-refractivity contribution in [2.75, 3.05) is 5.88 Å². The van der Waals surface area contributed by atoms with Crippen molar-refractivity contribution >= 4 is 17.5 Å². The fourth-order valence-electron chi connectivity index (χ4n) is 2.61. The molecule has 2 nitrogen and oxygen atoms in total. The Labute approximate surface area is 97.8 Å². The van der Waals surface area contributed by atoms with Crippen LogP contribution in [0.1, 0.15) is 40.0 Å². The van der Waals surface area contributed by atoms with E-state index in [0.717, 1.165) is 12.3 Å². The van der Waals surface area contributed by atoms with Gasteiger partial charge >= 0.3 is 0 Å². The Kier molecular flexibility index (Phi) is 4.91. The minimum atomic E-state index is -0.0265. The normalized spacial score (nSPS) is 31.7. The highest BCUT2D eigenvalue weighted by molar-refractivity contribution is 6.27. The molecule has 0 aliphatic heterocycles. The van der Waals surface area contributed by atoms with Crippen LogP contribution in [0.5, 0.6) is 0 Å². The minimum Gasteiger partial charge on any atom is -0.352 e. The fraction of sp³-hybridized carbons (Fsp3) is 0.917. The van der Waals surface area contributed by atoms with Crippen molar-refractivity contribution in [3.05, 3.63) is 0 Å². The quantitative estimate of drug-likeness (QED) is 0.744. The van der Waals surface area contributed by atoms with Crippen LogP contribution in [0.25, 0.3) is 0 Å². The third kappa shape index (κ3) is 3.67. The van der Waals surface area contributed by atoms with Crippen molar-refractivity contribution in [2.24, 2.45) is 17.8 Å². The Bertz CT molecular complexity index is 218. The van der Waals surface area contributed by atoms with Crippen molar-refractivity contribution < 1.29 is 4.79 Å². The molecule has 88 valence electrons. The molecule has 1 N–H and O–H groups in total. The molecular weight excluding hydrogens is 210 g/mol. The molecule has 0 aromatic heterocycles. The van der Waals surface area contributed by atoms with E-state index in [1.807, 2.05) is 0 Å². The van der Waals surface area contributed by atoms with Crippen LogP contribution in [0.4, 0.5) is 0 Å². The van der Waals surface area contributed by atoms with Gasteiger partial charge in [0.05, 0.1) is 0 Å². The summed E-state index contributed by atoms with van der Waals surface area (Å²) in [5.74, 6) is 2.03. The Hall–Kier alpha value is -0.240. The monoisotopic (exact) mass is 231 g/mol. The third-order valence-electron chi connectivity index (χ3n) is 3.49. The standard InChI is InChI=1S/C12H22ClNO/c1-8(2)10-5-4-9(3)6-11(10)14-12(15)7-13/h8-11H,4-7H2,1-3H3,(H,14,15)/t9-,10+,11-/m1/s1. The molecule has 0 heterocycles. The smallest absolute Gasteiger partial charge is 0.235 e. The number of hydrogen-bond acceptors (Lipinski definition) is 1. The van der Waals surface area contributed by atoms with E-state index in [2.05, 4.69) is 26.1 Å². The molecule has 1 saturated carbocycles. The predicted molar refractivity (Wildman–Crippen MR) is 64.0 cm³/mol. The average Bonchev–Trinajstić information content (AvgIpc) is 2.17. The van der Waals surface area contributed by atoms with Crippen LogP contribution in [0, 0.1) is 17.8 Å². The van der Waals surface area contributed by atoms with Gasteiger partial charge in [0.1, 0.15) is 5.88 Å². The summed E-state index contributed by atoms with van der Waals surface area (Å²) in [4.78, 5) is 11.3. The molecule has 1 amide bonds. The molecule has 0 aromatic carbocycles. The van der Waals surface area contributed by atoms with Crippen LogP contribution >= 0.6 is 11.6 Å². The number of rotatable bonds is 3. The van der Waals surface area contributed by atoms with Crippen LogP contribution in [0.3, 0.4) is 0 Å². The van der Waals surface area contributed by atoms with E-state index in [1.54, 1.807) is 0 Å². The van der Waals surface area contributed by atoms with Crippen LogP contribution in [0.2, 0.25) is 0 Å². The molecule has 0 bridgehead atoms. The van der Waals surface area contributed by atoms with Gasteiger partial charge in [-0.1, -0.05) is 27.2 Å². The topological polar surface area (TPSA) is 29.1 Å². The maximum atomic E-state index is 11.3. The van der Waals surface area contributed by atoms with E-state index in [4.69, 9.17) is 11.6 Å². The van der Waals surface area contributed by atoms with E-state index in [9.17, 15) is 4.79 Å². The Balaban J connectivity index is 2.57. The molecule has 1 rings (SSSR count). The summed E-state index contributed by atoms with van der Waals surface area (Å²) >= 11 is 5.52. The first-order chi connectivity index (χ1) is 7.04. The van der Waals surface area contributed by atoms with Crippen molar-refractivity contribution in [1.82, 2.24) is 5.32 Å². The fourth-order valence-corrected chi connectivity index (χ4v) is 2.69. The van der Waals surface area contributed by atoms with E-state index < -0.39 is 0 Å². The lowest BCUT2D eigenvalue weighted by molar-refractivity contribution is -0.120. The number of nitrogens with one attached hydrogen (secondary N) is 1. The molecule has 1 aliphatic rings. The van der Waals surface area contributed by atoms with Gasteiger partial charge in [0, 0.05) is 6.04 Å². The molecule has 0 aromatic rings. The number of amides is 1. The largest absolute Gasteiger partial charge is 0.352 e. The summed E-state index contributed by atoms with van der Waals surface area (Å²) in [5.41, 5.74) is 0. The SMILES string of the molecule is CC(C)[C@@H]1CC[C@@H](C)C[C@H]1NC(=O)CCl. The number of carbonyl (C=O) groups is 1. The zero-order valence-electron chi connectivity index (χ0n) is 9.92. The van der Waals surface area contributed by atoms with Crippen LogP contribution in [-0.4, -0.2) is 17.8 Å². The minimum absolute atomic E-state index is 0.0265. The Morgan fingerprint density at radius 2 is 2.13 bits per heavy atom. The second-order valence-electron chi connectivity index (χ2n) is 5.13. The lowest BCUT2D eigenvalue weighted by Gasteiger charge is -2.37. The molecule has 0 spiro atoms. The van der Waals surface area contributed by atoms with Gasteiger partial charge in [0.2, 0.25) is 5.91 Å². The summed E-state index contributed by atoms with van der Waals surface area (Å²) in [5, 5.41) is 3.06. The highest BCUT2D eigenvalue weighted by atomic mass is 35.5. The van der Waals surface area contributed by atoms with Crippen molar-refractivity contribution in [1.29, 1.82) is 0 Å². The Morgan fingerprint density at radius 1 is 1.47 bits per heavy atom. The van der Waals surface area contributed by atoms with E-state index in [1.165, 1.54) is 12.8 Å². The Morgan fingerprint density at radius 3 is 2.67 bits per heavy atom. The van der Waals surface area contributed by atoms with E-state index in [-0.39, 0.29) is 11.8 Å². The molecule has 1 aliphatic carbocycles. The van der Waals surface area contributed by atoms with Crippen LogP contribution in [-0.2, 0) is 4.79 Å². The number of hydrogen-bond donors (Lipinski definition) is 1. The predicted octanol–water partition coefficient (Wildman–Crippen LogP) is 2.80. The van der Waals surface area contributed by atoms with Gasteiger partial charge in [-0.15, -0.1) is 11.6 Å². The maximum Gasteiger partial charge on any atom is 0.235 e. The summed E-state index contributed by atoms with van der Waals surface area (Å²) in [6.45, 7) is 6.73. The number of alkyl halides is 1. The zero-order chi connectivity index (χ0) is 11.4. The third-order valence-corrected chi connectivity index (χ3v) is 3.73. The van der Waals surface area contributed by atoms with Gasteiger partial charge in [-0.25, -0.2) is 0 Å². The second kappa shape index (κ2) is 5.74. The van der Waals surface area contributed by atoms with Gasteiger partial charge in [0.15, 0.2) is 0 Å². The number of carbonyl (C=O) groups excluding carboxylic acids is 1. The summed E-state index contributed by atoms with van der Waals surface area (Å²) in [6.07, 6.45) is 3.62. The van der Waals surface area contributed by atoms with E-state index in [0.29, 0.717) is 17.9 Å². The van der Waals surface area contributed by atoms with Crippen molar-refractivity contribution in [3.8, 4) is 0 Å². The van der Waals surface area contributed by atoms with E-state index >= 15 is 0 Å². The molecular formula is C12H22ClNO. The number of halogens is 1. The first-order valence-corrected chi connectivity index (χ1v) is 6.43. The molecule has 3 heteroatoms. The summed E-state index contributed by atoms with van der Waals surface area (Å²) < 4.78 is 0.